The highest BCUT2D eigenvalue weighted by Gasteiger charge is 2.39. The molecule has 0 radical (unpaired) electrons. The fraction of sp³-hybridized carbons (Fsp3) is 0.318. The lowest BCUT2D eigenvalue weighted by Gasteiger charge is -2.33. The largest absolute Gasteiger partial charge is 0.325 e. The van der Waals surface area contributed by atoms with Gasteiger partial charge in [0.15, 0.2) is 5.66 Å². The number of aliphatic imine (C=N–C) groups is 2. The molecule has 2 aliphatic heterocycles. The second-order valence-electron chi connectivity index (χ2n) is 7.51. The van der Waals surface area contributed by atoms with Gasteiger partial charge in [-0.05, 0) is 43.4 Å². The third-order valence-electron chi connectivity index (χ3n) is 5.21. The van der Waals surface area contributed by atoms with E-state index in [2.05, 4.69) is 33.2 Å². The van der Waals surface area contributed by atoms with Gasteiger partial charge in [-0.1, -0.05) is 39.8 Å². The average Bonchev–Trinajstić information content (AvgIpc) is 3.09. The van der Waals surface area contributed by atoms with Crippen LogP contribution in [0.5, 0.6) is 0 Å². The van der Waals surface area contributed by atoms with Crippen molar-refractivity contribution in [3.05, 3.63) is 64.4 Å². The number of nitrogens with one attached hydrogen (secondary N) is 1. The number of halogens is 2. The fourth-order valence-corrected chi connectivity index (χ4v) is 4.62. The number of likely N-dealkylation sites (tertiary alicyclic amines) is 1. The Morgan fingerprint density at radius 2 is 1.80 bits per heavy atom. The number of thioether (sulfide) groups is 1. The number of rotatable bonds is 4. The third kappa shape index (κ3) is 4.99. The van der Waals surface area contributed by atoms with E-state index in [0.29, 0.717) is 5.69 Å². The van der Waals surface area contributed by atoms with Crippen molar-refractivity contribution in [2.45, 2.75) is 18.5 Å². The number of carbonyl (C=O) groups is 1. The fourth-order valence-electron chi connectivity index (χ4n) is 3.48. The first-order valence-electron chi connectivity index (χ1n) is 9.75. The Balaban J connectivity index is 1.50. The van der Waals surface area contributed by atoms with Crippen LogP contribution in [0.4, 0.5) is 10.1 Å². The van der Waals surface area contributed by atoms with Gasteiger partial charge in [-0.15, -0.1) is 0 Å². The van der Waals surface area contributed by atoms with Crippen LogP contribution < -0.4 is 5.32 Å². The zero-order valence-corrected chi connectivity index (χ0v) is 19.0. The summed E-state index contributed by atoms with van der Waals surface area (Å²) in [4.78, 5) is 24.7. The molecule has 0 saturated carbocycles. The van der Waals surface area contributed by atoms with Crippen molar-refractivity contribution in [3.63, 3.8) is 0 Å². The van der Waals surface area contributed by atoms with E-state index in [1.165, 1.54) is 23.9 Å². The molecule has 2 aromatic carbocycles. The summed E-state index contributed by atoms with van der Waals surface area (Å²) >= 11 is 4.87. The zero-order valence-electron chi connectivity index (χ0n) is 16.6. The molecular formula is C22H22BrFN4OS. The minimum absolute atomic E-state index is 0.159. The van der Waals surface area contributed by atoms with Gasteiger partial charge in [-0.25, -0.2) is 9.38 Å². The topological polar surface area (TPSA) is 57.1 Å². The van der Waals surface area contributed by atoms with Crippen LogP contribution in [0.2, 0.25) is 0 Å². The minimum atomic E-state index is -0.426. The maximum atomic E-state index is 13.1. The SMILES string of the molecule is CN1CCC2(CC1)N=C(SCC(=O)Nc1ccc(F)cc1)C(c1ccc(Br)cc1)=N2. The lowest BCUT2D eigenvalue weighted by atomic mass is 9.99. The molecule has 0 aromatic heterocycles. The normalized spacial score (nSPS) is 18.2. The summed E-state index contributed by atoms with van der Waals surface area (Å²) in [7, 11) is 2.11. The van der Waals surface area contributed by atoms with Crippen molar-refractivity contribution in [3.8, 4) is 0 Å². The molecule has 2 heterocycles. The molecular weight excluding hydrogens is 467 g/mol. The standard InChI is InChI=1S/C22H22BrFN4OS/c1-28-12-10-22(11-13-28)26-20(15-2-4-16(23)5-3-15)21(27-22)30-14-19(29)25-18-8-6-17(24)7-9-18/h2-9H,10-14H2,1H3,(H,25,29). The van der Waals surface area contributed by atoms with Crippen LogP contribution >= 0.6 is 27.7 Å². The van der Waals surface area contributed by atoms with Crippen LogP contribution in [-0.2, 0) is 4.79 Å². The van der Waals surface area contributed by atoms with Crippen LogP contribution in [0.3, 0.4) is 0 Å². The number of benzene rings is 2. The maximum Gasteiger partial charge on any atom is 0.234 e. The van der Waals surface area contributed by atoms with E-state index in [9.17, 15) is 9.18 Å². The minimum Gasteiger partial charge on any atom is -0.325 e. The molecule has 156 valence electrons. The second kappa shape index (κ2) is 8.99. The lowest BCUT2D eigenvalue weighted by Crippen LogP contribution is -2.39. The Morgan fingerprint density at radius 1 is 1.13 bits per heavy atom. The number of hydrogen-bond donors (Lipinski definition) is 1. The Bertz CT molecular complexity index is 983. The van der Waals surface area contributed by atoms with E-state index >= 15 is 0 Å². The van der Waals surface area contributed by atoms with Gasteiger partial charge in [0.25, 0.3) is 0 Å². The van der Waals surface area contributed by atoms with Gasteiger partial charge in [0.1, 0.15) is 10.9 Å². The summed E-state index contributed by atoms with van der Waals surface area (Å²) in [5.41, 5.74) is 2.00. The average molecular weight is 489 g/mol. The molecule has 2 aliphatic rings. The summed E-state index contributed by atoms with van der Waals surface area (Å²) in [6, 6.07) is 13.8. The molecule has 1 saturated heterocycles. The van der Waals surface area contributed by atoms with Crippen molar-refractivity contribution in [1.29, 1.82) is 0 Å². The number of amides is 1. The Labute approximate surface area is 188 Å². The van der Waals surface area contributed by atoms with E-state index in [-0.39, 0.29) is 17.5 Å². The summed E-state index contributed by atoms with van der Waals surface area (Å²) in [5, 5.41) is 3.60. The van der Waals surface area contributed by atoms with Crippen molar-refractivity contribution in [1.82, 2.24) is 4.90 Å². The van der Waals surface area contributed by atoms with Crippen LogP contribution in [0.25, 0.3) is 0 Å². The molecule has 0 atom stereocenters. The Kier molecular flexibility index (Phi) is 6.36. The van der Waals surface area contributed by atoms with Crippen molar-refractivity contribution in [2.24, 2.45) is 9.98 Å². The molecule has 0 unspecified atom stereocenters. The van der Waals surface area contributed by atoms with Gasteiger partial charge in [0.2, 0.25) is 5.91 Å². The first-order chi connectivity index (χ1) is 14.4. The second-order valence-corrected chi connectivity index (χ2v) is 9.39. The van der Waals surface area contributed by atoms with Gasteiger partial charge in [0.05, 0.1) is 11.5 Å². The summed E-state index contributed by atoms with van der Waals surface area (Å²) in [6.45, 7) is 1.90. The van der Waals surface area contributed by atoms with Gasteiger partial charge in [0, 0.05) is 41.7 Å². The first kappa shape index (κ1) is 21.2. The van der Waals surface area contributed by atoms with Gasteiger partial charge in [-0.2, -0.15) is 0 Å². The molecule has 30 heavy (non-hydrogen) atoms. The molecule has 2 aromatic rings. The van der Waals surface area contributed by atoms with E-state index < -0.39 is 5.66 Å². The maximum absolute atomic E-state index is 13.1. The van der Waals surface area contributed by atoms with Gasteiger partial charge in [-0.3, -0.25) is 9.79 Å². The summed E-state index contributed by atoms with van der Waals surface area (Å²) < 4.78 is 14.1. The number of carbonyl (C=O) groups excluding carboxylic acids is 1. The molecule has 4 rings (SSSR count). The molecule has 1 amide bonds. The molecule has 1 spiro atoms. The highest BCUT2D eigenvalue weighted by Crippen LogP contribution is 2.35. The highest BCUT2D eigenvalue weighted by atomic mass is 79.9. The predicted molar refractivity (Wildman–Crippen MR) is 125 cm³/mol. The van der Waals surface area contributed by atoms with Crippen molar-refractivity contribution in [2.75, 3.05) is 31.2 Å². The van der Waals surface area contributed by atoms with E-state index in [4.69, 9.17) is 9.98 Å². The van der Waals surface area contributed by atoms with Crippen LogP contribution in [-0.4, -0.2) is 53.1 Å². The predicted octanol–water partition coefficient (Wildman–Crippen LogP) is 4.58. The quantitative estimate of drug-likeness (QED) is 0.684. The number of piperidine rings is 1. The van der Waals surface area contributed by atoms with Crippen LogP contribution in [0.15, 0.2) is 63.0 Å². The van der Waals surface area contributed by atoms with Crippen molar-refractivity contribution < 1.29 is 9.18 Å². The smallest absolute Gasteiger partial charge is 0.234 e. The molecule has 0 bridgehead atoms. The van der Waals surface area contributed by atoms with E-state index in [1.54, 1.807) is 12.1 Å². The molecule has 1 N–H and O–H groups in total. The van der Waals surface area contributed by atoms with Crippen LogP contribution in [0.1, 0.15) is 18.4 Å². The third-order valence-corrected chi connectivity index (χ3v) is 6.70. The highest BCUT2D eigenvalue weighted by molar-refractivity contribution is 9.10. The molecule has 5 nitrogen and oxygen atoms in total. The molecule has 8 heteroatoms. The van der Waals surface area contributed by atoms with Crippen molar-refractivity contribution >= 4 is 50.0 Å². The summed E-state index contributed by atoms with van der Waals surface area (Å²) in [6.07, 6.45) is 1.74. The van der Waals surface area contributed by atoms with Crippen LogP contribution in [0, 0.1) is 5.82 Å². The lowest BCUT2D eigenvalue weighted by molar-refractivity contribution is -0.113. The number of hydrogen-bond acceptors (Lipinski definition) is 5. The molecule has 1 fully saturated rings. The number of anilines is 1. The van der Waals surface area contributed by atoms with E-state index in [0.717, 1.165) is 46.7 Å². The summed E-state index contributed by atoms with van der Waals surface area (Å²) in [5.74, 6) is -0.280. The molecule has 0 aliphatic carbocycles. The monoisotopic (exact) mass is 488 g/mol. The number of nitrogens with zero attached hydrogens (tertiary/aromatic N) is 3. The zero-order chi connectivity index (χ0) is 21.1. The van der Waals surface area contributed by atoms with E-state index in [1.807, 2.05) is 24.3 Å². The first-order valence-corrected chi connectivity index (χ1v) is 11.5. The van der Waals surface area contributed by atoms with Gasteiger partial charge < -0.3 is 10.2 Å². The Hall–Kier alpha value is -2.03. The van der Waals surface area contributed by atoms with Gasteiger partial charge >= 0.3 is 0 Å². The Morgan fingerprint density at radius 3 is 2.47 bits per heavy atom.